The zero-order valence-corrected chi connectivity index (χ0v) is 15.0. The van der Waals surface area contributed by atoms with Crippen LogP contribution in [0.4, 0.5) is 16.5 Å². The number of thiazole rings is 1. The number of nitrogens with zero attached hydrogens (tertiary/aromatic N) is 1. The van der Waals surface area contributed by atoms with Crippen LogP contribution >= 0.6 is 11.3 Å². The van der Waals surface area contributed by atoms with Crippen molar-refractivity contribution in [2.24, 2.45) is 0 Å². The summed E-state index contributed by atoms with van der Waals surface area (Å²) >= 11 is 1.63. The highest BCUT2D eigenvalue weighted by Crippen LogP contribution is 2.29. The molecule has 4 aromatic rings. The Kier molecular flexibility index (Phi) is 4.37. The predicted molar refractivity (Wildman–Crippen MR) is 108 cm³/mol. The molecule has 5 heteroatoms. The second kappa shape index (κ2) is 6.98. The van der Waals surface area contributed by atoms with Gasteiger partial charge in [-0.05, 0) is 61.0 Å². The number of anilines is 3. The average Bonchev–Trinajstić information content (AvgIpc) is 3.05. The topological polar surface area (TPSA) is 54.0 Å². The molecule has 0 atom stereocenters. The zero-order chi connectivity index (χ0) is 17.9. The van der Waals surface area contributed by atoms with Gasteiger partial charge in [-0.3, -0.25) is 4.79 Å². The van der Waals surface area contributed by atoms with Crippen LogP contribution in [0.15, 0.2) is 72.8 Å². The van der Waals surface area contributed by atoms with Crippen molar-refractivity contribution in [3.05, 3.63) is 83.9 Å². The standard InChI is InChI=1S/C21H17N3OS/c1-14-7-12-18-19(13-14)26-21(24-18)23-17-10-8-16(9-11-17)22-20(25)15-5-3-2-4-6-15/h2-13H,1H3,(H,22,25)(H,23,24). The number of hydrogen-bond acceptors (Lipinski definition) is 4. The van der Waals surface area contributed by atoms with Crippen LogP contribution in [-0.2, 0) is 0 Å². The number of carbonyl (C=O) groups excluding carboxylic acids is 1. The van der Waals surface area contributed by atoms with Crippen molar-refractivity contribution in [3.63, 3.8) is 0 Å². The van der Waals surface area contributed by atoms with E-state index in [2.05, 4.69) is 34.7 Å². The van der Waals surface area contributed by atoms with Crippen LogP contribution in [0.5, 0.6) is 0 Å². The summed E-state index contributed by atoms with van der Waals surface area (Å²) in [6, 6.07) is 23.0. The van der Waals surface area contributed by atoms with E-state index in [-0.39, 0.29) is 5.91 Å². The summed E-state index contributed by atoms with van der Waals surface area (Å²) in [5, 5.41) is 7.07. The van der Waals surface area contributed by atoms with Crippen molar-refractivity contribution in [1.82, 2.24) is 4.98 Å². The molecule has 0 aliphatic rings. The summed E-state index contributed by atoms with van der Waals surface area (Å²) in [6.07, 6.45) is 0. The third kappa shape index (κ3) is 3.58. The summed E-state index contributed by atoms with van der Waals surface area (Å²) < 4.78 is 1.17. The minimum Gasteiger partial charge on any atom is -0.332 e. The lowest BCUT2D eigenvalue weighted by Crippen LogP contribution is -2.11. The van der Waals surface area contributed by atoms with Crippen molar-refractivity contribution in [2.45, 2.75) is 6.92 Å². The lowest BCUT2D eigenvalue weighted by atomic mass is 10.2. The highest BCUT2D eigenvalue weighted by Gasteiger charge is 2.06. The molecule has 3 aromatic carbocycles. The van der Waals surface area contributed by atoms with Gasteiger partial charge in [-0.15, -0.1) is 0 Å². The lowest BCUT2D eigenvalue weighted by molar-refractivity contribution is 0.102. The van der Waals surface area contributed by atoms with Gasteiger partial charge in [-0.1, -0.05) is 35.6 Å². The highest BCUT2D eigenvalue weighted by molar-refractivity contribution is 7.22. The molecule has 0 fully saturated rings. The van der Waals surface area contributed by atoms with Crippen LogP contribution in [0.3, 0.4) is 0 Å². The molecule has 4 nitrogen and oxygen atoms in total. The van der Waals surface area contributed by atoms with Gasteiger partial charge >= 0.3 is 0 Å². The smallest absolute Gasteiger partial charge is 0.255 e. The number of amides is 1. The van der Waals surface area contributed by atoms with E-state index in [0.717, 1.165) is 22.0 Å². The molecule has 4 rings (SSSR count). The second-order valence-corrected chi connectivity index (χ2v) is 7.04. The largest absolute Gasteiger partial charge is 0.332 e. The molecule has 2 N–H and O–H groups in total. The SMILES string of the molecule is Cc1ccc2nc(Nc3ccc(NC(=O)c4ccccc4)cc3)sc2c1. The Morgan fingerprint density at radius 1 is 0.923 bits per heavy atom. The van der Waals surface area contributed by atoms with Crippen molar-refractivity contribution in [1.29, 1.82) is 0 Å². The molecule has 0 unspecified atom stereocenters. The number of fused-ring (bicyclic) bond motifs is 1. The van der Waals surface area contributed by atoms with Gasteiger partial charge in [-0.2, -0.15) is 0 Å². The first-order valence-corrected chi connectivity index (χ1v) is 9.10. The van der Waals surface area contributed by atoms with Gasteiger partial charge in [0.1, 0.15) is 0 Å². The third-order valence-corrected chi connectivity index (χ3v) is 4.91. The Morgan fingerprint density at radius 2 is 1.65 bits per heavy atom. The van der Waals surface area contributed by atoms with E-state index < -0.39 is 0 Å². The van der Waals surface area contributed by atoms with Crippen molar-refractivity contribution < 1.29 is 4.79 Å². The maximum atomic E-state index is 12.2. The molecular weight excluding hydrogens is 342 g/mol. The lowest BCUT2D eigenvalue weighted by Gasteiger charge is -2.07. The number of hydrogen-bond donors (Lipinski definition) is 2. The summed E-state index contributed by atoms with van der Waals surface area (Å²) in [7, 11) is 0. The molecule has 0 saturated carbocycles. The van der Waals surface area contributed by atoms with Gasteiger partial charge in [-0.25, -0.2) is 4.98 Å². The van der Waals surface area contributed by atoms with Gasteiger partial charge in [0, 0.05) is 16.9 Å². The number of aromatic nitrogens is 1. The van der Waals surface area contributed by atoms with Crippen LogP contribution < -0.4 is 10.6 Å². The fourth-order valence-electron chi connectivity index (χ4n) is 2.64. The summed E-state index contributed by atoms with van der Waals surface area (Å²) in [5.41, 5.74) is 4.54. The first-order valence-electron chi connectivity index (χ1n) is 8.28. The van der Waals surface area contributed by atoms with Crippen molar-refractivity contribution in [2.75, 3.05) is 10.6 Å². The normalized spacial score (nSPS) is 10.7. The molecule has 0 bridgehead atoms. The molecule has 1 aromatic heterocycles. The summed E-state index contributed by atoms with van der Waals surface area (Å²) in [5.74, 6) is -0.118. The number of carbonyl (C=O) groups is 1. The molecule has 0 spiro atoms. The Morgan fingerprint density at radius 3 is 2.42 bits per heavy atom. The average molecular weight is 359 g/mol. The first kappa shape index (κ1) is 16.3. The van der Waals surface area contributed by atoms with Crippen LogP contribution in [-0.4, -0.2) is 10.9 Å². The fourth-order valence-corrected chi connectivity index (χ4v) is 3.62. The minimum atomic E-state index is -0.118. The summed E-state index contributed by atoms with van der Waals surface area (Å²) in [4.78, 5) is 16.8. The predicted octanol–water partition coefficient (Wildman–Crippen LogP) is 5.60. The van der Waals surface area contributed by atoms with Gasteiger partial charge in [0.25, 0.3) is 5.91 Å². The van der Waals surface area contributed by atoms with Gasteiger partial charge in [0.05, 0.1) is 10.2 Å². The fraction of sp³-hybridized carbons (Fsp3) is 0.0476. The molecule has 1 amide bonds. The van der Waals surface area contributed by atoms with E-state index in [1.54, 1.807) is 23.5 Å². The Balaban J connectivity index is 1.46. The molecule has 128 valence electrons. The quantitative estimate of drug-likeness (QED) is 0.498. The van der Waals surface area contributed by atoms with E-state index in [0.29, 0.717) is 5.56 Å². The van der Waals surface area contributed by atoms with E-state index in [9.17, 15) is 4.79 Å². The van der Waals surface area contributed by atoms with Crippen LogP contribution in [0, 0.1) is 6.92 Å². The van der Waals surface area contributed by atoms with Gasteiger partial charge in [0.15, 0.2) is 5.13 Å². The Hall–Kier alpha value is -3.18. The van der Waals surface area contributed by atoms with Crippen LogP contribution in [0.1, 0.15) is 15.9 Å². The van der Waals surface area contributed by atoms with Crippen LogP contribution in [0.25, 0.3) is 10.2 Å². The minimum absolute atomic E-state index is 0.118. The molecule has 0 aliphatic heterocycles. The van der Waals surface area contributed by atoms with Gasteiger partial charge < -0.3 is 10.6 Å². The number of rotatable bonds is 4. The monoisotopic (exact) mass is 359 g/mol. The maximum Gasteiger partial charge on any atom is 0.255 e. The summed E-state index contributed by atoms with van der Waals surface area (Å²) in [6.45, 7) is 2.08. The molecular formula is C21H17N3OS. The first-order chi connectivity index (χ1) is 12.7. The molecule has 0 aliphatic carbocycles. The third-order valence-electron chi connectivity index (χ3n) is 3.97. The molecule has 0 saturated heterocycles. The number of benzene rings is 3. The number of nitrogens with one attached hydrogen (secondary N) is 2. The zero-order valence-electron chi connectivity index (χ0n) is 14.2. The maximum absolute atomic E-state index is 12.2. The van der Waals surface area contributed by atoms with Crippen molar-refractivity contribution in [3.8, 4) is 0 Å². The Labute approximate surface area is 155 Å². The molecule has 0 radical (unpaired) electrons. The Bertz CT molecular complexity index is 1060. The molecule has 1 heterocycles. The van der Waals surface area contributed by atoms with E-state index in [1.807, 2.05) is 48.5 Å². The van der Waals surface area contributed by atoms with Crippen LogP contribution in [0.2, 0.25) is 0 Å². The number of aryl methyl sites for hydroxylation is 1. The van der Waals surface area contributed by atoms with E-state index in [1.165, 1.54) is 10.3 Å². The van der Waals surface area contributed by atoms with Crippen molar-refractivity contribution >= 4 is 44.0 Å². The van der Waals surface area contributed by atoms with E-state index in [4.69, 9.17) is 0 Å². The van der Waals surface area contributed by atoms with Gasteiger partial charge in [0.2, 0.25) is 0 Å². The van der Waals surface area contributed by atoms with E-state index >= 15 is 0 Å². The highest BCUT2D eigenvalue weighted by atomic mass is 32.1. The second-order valence-electron chi connectivity index (χ2n) is 6.01. The molecule has 26 heavy (non-hydrogen) atoms.